The second kappa shape index (κ2) is 8.43. The molecule has 2 atom stereocenters. The van der Waals surface area contributed by atoms with Crippen LogP contribution in [0.2, 0.25) is 0 Å². The highest BCUT2D eigenvalue weighted by Crippen LogP contribution is 2.34. The summed E-state index contributed by atoms with van der Waals surface area (Å²) >= 11 is 3.49. The van der Waals surface area contributed by atoms with Crippen LogP contribution in [0.25, 0.3) is 9.88 Å². The molecular formula is C19H22ClN3S2. The quantitative estimate of drug-likeness (QED) is 0.697. The first kappa shape index (κ1) is 18.5. The fraction of sp³-hybridized carbons (Fsp3) is 0.316. The summed E-state index contributed by atoms with van der Waals surface area (Å²) in [6.45, 7) is 3.79. The van der Waals surface area contributed by atoms with Gasteiger partial charge in [-0.25, -0.2) is 4.98 Å². The normalized spacial score (nSPS) is 20.5. The Balaban J connectivity index is 0.00000182. The van der Waals surface area contributed by atoms with E-state index < -0.39 is 0 Å². The van der Waals surface area contributed by atoms with Gasteiger partial charge in [-0.15, -0.1) is 35.1 Å². The van der Waals surface area contributed by atoms with Crippen molar-refractivity contribution in [3.63, 3.8) is 0 Å². The number of nitrogens with two attached hydrogens (primary N) is 1. The van der Waals surface area contributed by atoms with E-state index in [2.05, 4.69) is 58.1 Å². The molecule has 25 heavy (non-hydrogen) atoms. The molecular weight excluding hydrogens is 370 g/mol. The van der Waals surface area contributed by atoms with Crippen LogP contribution < -0.4 is 5.73 Å². The monoisotopic (exact) mass is 391 g/mol. The Morgan fingerprint density at radius 2 is 1.92 bits per heavy atom. The SMILES string of the molecule is Cl.NC[C@@H]1CN(Cc2csc(-c3cccs3)n2)C[C@H]1c1ccccc1. The lowest BCUT2D eigenvalue weighted by molar-refractivity contribution is 0.314. The maximum Gasteiger partial charge on any atom is 0.133 e. The van der Waals surface area contributed by atoms with Crippen LogP contribution >= 0.6 is 35.1 Å². The van der Waals surface area contributed by atoms with Crippen molar-refractivity contribution in [2.45, 2.75) is 12.5 Å². The predicted molar refractivity (Wildman–Crippen MR) is 110 cm³/mol. The molecule has 1 aliphatic heterocycles. The van der Waals surface area contributed by atoms with Gasteiger partial charge >= 0.3 is 0 Å². The minimum Gasteiger partial charge on any atom is -0.330 e. The largest absolute Gasteiger partial charge is 0.330 e. The zero-order valence-electron chi connectivity index (χ0n) is 13.9. The van der Waals surface area contributed by atoms with Gasteiger partial charge in [0.25, 0.3) is 0 Å². The Hall–Kier alpha value is -1.24. The van der Waals surface area contributed by atoms with E-state index in [9.17, 15) is 0 Å². The van der Waals surface area contributed by atoms with Gasteiger partial charge in [0, 0.05) is 30.9 Å². The first-order chi connectivity index (χ1) is 11.8. The number of thiazole rings is 1. The fourth-order valence-corrected chi connectivity index (χ4v) is 5.15. The number of rotatable bonds is 5. The van der Waals surface area contributed by atoms with Gasteiger partial charge in [-0.2, -0.15) is 0 Å². The molecule has 0 bridgehead atoms. The van der Waals surface area contributed by atoms with E-state index in [-0.39, 0.29) is 12.4 Å². The summed E-state index contributed by atoms with van der Waals surface area (Å²) in [6, 6.07) is 15.0. The van der Waals surface area contributed by atoms with E-state index in [1.807, 2.05) is 0 Å². The number of halogens is 1. The molecule has 0 spiro atoms. The first-order valence-electron chi connectivity index (χ1n) is 8.29. The number of likely N-dealkylation sites (tertiary alicyclic amines) is 1. The van der Waals surface area contributed by atoms with Crippen LogP contribution in [0.15, 0.2) is 53.2 Å². The van der Waals surface area contributed by atoms with Gasteiger partial charge in [0.2, 0.25) is 0 Å². The van der Waals surface area contributed by atoms with Crippen LogP contribution in [0, 0.1) is 5.92 Å². The van der Waals surface area contributed by atoms with Gasteiger partial charge in [-0.1, -0.05) is 36.4 Å². The zero-order valence-corrected chi connectivity index (χ0v) is 16.3. The summed E-state index contributed by atoms with van der Waals surface area (Å²) < 4.78 is 0. The molecule has 1 aromatic carbocycles. The third-order valence-corrected chi connectivity index (χ3v) is 6.65. The van der Waals surface area contributed by atoms with Crippen molar-refractivity contribution in [2.24, 2.45) is 11.7 Å². The highest BCUT2D eigenvalue weighted by molar-refractivity contribution is 7.20. The summed E-state index contributed by atoms with van der Waals surface area (Å²) in [4.78, 5) is 8.58. The Morgan fingerprint density at radius 1 is 1.08 bits per heavy atom. The average molecular weight is 392 g/mol. The molecule has 3 nitrogen and oxygen atoms in total. The highest BCUT2D eigenvalue weighted by Gasteiger charge is 2.32. The topological polar surface area (TPSA) is 42.1 Å². The summed E-state index contributed by atoms with van der Waals surface area (Å²) in [5.74, 6) is 1.06. The molecule has 0 aliphatic carbocycles. The van der Waals surface area contributed by atoms with Crippen LogP contribution in [0.4, 0.5) is 0 Å². The van der Waals surface area contributed by atoms with E-state index in [0.29, 0.717) is 11.8 Å². The second-order valence-electron chi connectivity index (χ2n) is 6.33. The molecule has 1 fully saturated rings. The molecule has 3 heterocycles. The highest BCUT2D eigenvalue weighted by atomic mass is 35.5. The maximum atomic E-state index is 6.05. The van der Waals surface area contributed by atoms with Crippen molar-refractivity contribution in [3.8, 4) is 9.88 Å². The molecule has 3 aromatic rings. The van der Waals surface area contributed by atoms with Gasteiger partial charge in [0.15, 0.2) is 0 Å². The molecule has 2 aromatic heterocycles. The number of hydrogen-bond acceptors (Lipinski definition) is 5. The summed E-state index contributed by atoms with van der Waals surface area (Å²) in [5, 5.41) is 5.43. The van der Waals surface area contributed by atoms with Crippen molar-refractivity contribution in [1.82, 2.24) is 9.88 Å². The van der Waals surface area contributed by atoms with E-state index in [1.165, 1.54) is 16.1 Å². The van der Waals surface area contributed by atoms with Crippen LogP contribution in [0.5, 0.6) is 0 Å². The number of nitrogens with zero attached hydrogens (tertiary/aromatic N) is 2. The number of hydrogen-bond donors (Lipinski definition) is 1. The molecule has 4 rings (SSSR count). The molecule has 0 unspecified atom stereocenters. The smallest absolute Gasteiger partial charge is 0.133 e. The predicted octanol–water partition coefficient (Wildman–Crippen LogP) is 4.47. The first-order valence-corrected chi connectivity index (χ1v) is 10.0. The standard InChI is InChI=1S/C19H21N3S2.ClH/c20-9-15-10-22(12-17(15)14-5-2-1-3-6-14)11-16-13-24-19(21-16)18-7-4-8-23-18;/h1-8,13,15,17H,9-12,20H2;1H/t15-,17+;/m1./s1. The van der Waals surface area contributed by atoms with E-state index >= 15 is 0 Å². The molecule has 6 heteroatoms. The minimum absolute atomic E-state index is 0. The van der Waals surface area contributed by atoms with Crippen molar-refractivity contribution < 1.29 is 0 Å². The Morgan fingerprint density at radius 3 is 2.64 bits per heavy atom. The molecule has 1 saturated heterocycles. The van der Waals surface area contributed by atoms with Gasteiger partial charge in [-0.05, 0) is 29.5 Å². The summed E-state index contributed by atoms with van der Waals surface area (Å²) in [5.41, 5.74) is 8.63. The lowest BCUT2D eigenvalue weighted by Gasteiger charge is -2.16. The third-order valence-electron chi connectivity index (χ3n) is 4.72. The molecule has 0 radical (unpaired) electrons. The van der Waals surface area contributed by atoms with Crippen LogP contribution in [0.3, 0.4) is 0 Å². The van der Waals surface area contributed by atoms with Crippen LogP contribution in [-0.4, -0.2) is 29.5 Å². The van der Waals surface area contributed by atoms with Gasteiger partial charge in [0.1, 0.15) is 5.01 Å². The third kappa shape index (κ3) is 4.13. The second-order valence-corrected chi connectivity index (χ2v) is 8.13. The van der Waals surface area contributed by atoms with E-state index in [0.717, 1.165) is 31.2 Å². The average Bonchev–Trinajstić information content (AvgIpc) is 3.36. The van der Waals surface area contributed by atoms with E-state index in [4.69, 9.17) is 10.7 Å². The van der Waals surface area contributed by atoms with Crippen LogP contribution in [0.1, 0.15) is 17.2 Å². The van der Waals surface area contributed by atoms with Crippen molar-refractivity contribution in [2.75, 3.05) is 19.6 Å². The number of thiophene rings is 1. The van der Waals surface area contributed by atoms with Gasteiger partial charge in [0.05, 0.1) is 10.6 Å². The lowest BCUT2D eigenvalue weighted by Crippen LogP contribution is -2.23. The lowest BCUT2D eigenvalue weighted by atomic mass is 9.89. The van der Waals surface area contributed by atoms with Crippen molar-refractivity contribution >= 4 is 35.1 Å². The van der Waals surface area contributed by atoms with Crippen LogP contribution in [-0.2, 0) is 6.54 Å². The van der Waals surface area contributed by atoms with Gasteiger partial charge < -0.3 is 5.73 Å². The minimum atomic E-state index is 0. The summed E-state index contributed by atoms with van der Waals surface area (Å²) in [7, 11) is 0. The molecule has 2 N–H and O–H groups in total. The number of aromatic nitrogens is 1. The Kier molecular flexibility index (Phi) is 6.25. The Labute approximate surface area is 162 Å². The number of benzene rings is 1. The van der Waals surface area contributed by atoms with Crippen molar-refractivity contribution in [3.05, 3.63) is 64.5 Å². The summed E-state index contributed by atoms with van der Waals surface area (Å²) in [6.07, 6.45) is 0. The maximum absolute atomic E-state index is 6.05. The molecule has 132 valence electrons. The Bertz CT molecular complexity index is 773. The fourth-order valence-electron chi connectivity index (χ4n) is 3.53. The molecule has 0 saturated carbocycles. The molecule has 0 amide bonds. The van der Waals surface area contributed by atoms with Gasteiger partial charge in [-0.3, -0.25) is 4.90 Å². The zero-order chi connectivity index (χ0) is 16.4. The molecule has 1 aliphatic rings. The van der Waals surface area contributed by atoms with Crippen molar-refractivity contribution in [1.29, 1.82) is 0 Å². The van der Waals surface area contributed by atoms with E-state index in [1.54, 1.807) is 22.7 Å².